The Kier molecular flexibility index (Phi) is 2.82. The lowest BCUT2D eigenvalue weighted by molar-refractivity contribution is 0.572. The molecular formula is C10H8F2. The second-order valence-electron chi connectivity index (χ2n) is 2.44. The lowest BCUT2D eigenvalue weighted by Crippen LogP contribution is -1.90. The topological polar surface area (TPSA) is 0 Å². The first kappa shape index (κ1) is 8.73. The molecule has 0 atom stereocenters. The zero-order chi connectivity index (χ0) is 8.97. The maximum Gasteiger partial charge on any atom is 0.129 e. The van der Waals surface area contributed by atoms with Gasteiger partial charge in [0.15, 0.2) is 0 Å². The third kappa shape index (κ3) is 2.06. The van der Waals surface area contributed by atoms with Crippen molar-refractivity contribution in [3.63, 3.8) is 0 Å². The summed E-state index contributed by atoms with van der Waals surface area (Å²) < 4.78 is 25.3. The Morgan fingerprint density at radius 2 is 2.08 bits per heavy atom. The van der Waals surface area contributed by atoms with Crippen molar-refractivity contribution >= 4 is 0 Å². The fraction of sp³-hybridized carbons (Fsp3) is 0.200. The first-order valence-corrected chi connectivity index (χ1v) is 3.61. The molecule has 0 nitrogen and oxygen atoms in total. The van der Waals surface area contributed by atoms with Crippen molar-refractivity contribution in [1.82, 2.24) is 0 Å². The van der Waals surface area contributed by atoms with E-state index in [1.54, 1.807) is 0 Å². The van der Waals surface area contributed by atoms with Crippen LogP contribution in [0.4, 0.5) is 8.78 Å². The normalized spacial score (nSPS) is 9.42. The summed E-state index contributed by atoms with van der Waals surface area (Å²) in [5.74, 6) is 1.32. The average Bonchev–Trinajstić information content (AvgIpc) is 2.03. The van der Waals surface area contributed by atoms with E-state index in [0.29, 0.717) is 18.4 Å². The zero-order valence-electron chi connectivity index (χ0n) is 6.48. The number of terminal acetylenes is 1. The second kappa shape index (κ2) is 3.87. The van der Waals surface area contributed by atoms with Crippen molar-refractivity contribution in [2.24, 2.45) is 0 Å². The van der Waals surface area contributed by atoms with E-state index in [9.17, 15) is 8.78 Å². The van der Waals surface area contributed by atoms with Gasteiger partial charge in [-0.1, -0.05) is 6.07 Å². The van der Waals surface area contributed by atoms with Gasteiger partial charge < -0.3 is 0 Å². The maximum atomic E-state index is 12.9. The molecule has 0 amide bonds. The van der Waals surface area contributed by atoms with Crippen LogP contribution in [0.3, 0.4) is 0 Å². The van der Waals surface area contributed by atoms with Gasteiger partial charge in [0.2, 0.25) is 0 Å². The van der Waals surface area contributed by atoms with E-state index in [4.69, 9.17) is 6.42 Å². The van der Waals surface area contributed by atoms with E-state index in [2.05, 4.69) is 5.92 Å². The molecule has 12 heavy (non-hydrogen) atoms. The molecule has 0 fully saturated rings. The van der Waals surface area contributed by atoms with Crippen molar-refractivity contribution in [3.8, 4) is 12.3 Å². The fourth-order valence-electron chi connectivity index (χ4n) is 0.931. The smallest absolute Gasteiger partial charge is 0.129 e. The Bertz CT molecular complexity index is 310. The Morgan fingerprint density at radius 3 is 2.67 bits per heavy atom. The fourth-order valence-corrected chi connectivity index (χ4v) is 0.931. The van der Waals surface area contributed by atoms with Crippen LogP contribution in [0.15, 0.2) is 18.2 Å². The van der Waals surface area contributed by atoms with Gasteiger partial charge in [0.05, 0.1) is 0 Å². The number of hydrogen-bond donors (Lipinski definition) is 0. The summed E-state index contributed by atoms with van der Waals surface area (Å²) in [6.07, 6.45) is 5.95. The molecule has 1 aromatic rings. The molecule has 0 bridgehead atoms. The van der Waals surface area contributed by atoms with Crippen LogP contribution >= 0.6 is 0 Å². The lowest BCUT2D eigenvalue weighted by Gasteiger charge is -1.99. The summed E-state index contributed by atoms with van der Waals surface area (Å²) in [7, 11) is 0. The van der Waals surface area contributed by atoms with Gasteiger partial charge in [-0.3, -0.25) is 0 Å². The third-order valence-electron chi connectivity index (χ3n) is 1.55. The van der Waals surface area contributed by atoms with Crippen LogP contribution in [-0.2, 0) is 6.42 Å². The molecule has 0 aromatic heterocycles. The predicted molar refractivity (Wildman–Crippen MR) is 43.5 cm³/mol. The number of benzene rings is 1. The van der Waals surface area contributed by atoms with Gasteiger partial charge >= 0.3 is 0 Å². The summed E-state index contributed by atoms with van der Waals surface area (Å²) in [5, 5.41) is 0. The van der Waals surface area contributed by atoms with Gasteiger partial charge in [0.1, 0.15) is 11.6 Å². The SMILES string of the molecule is C#CCCc1ccc(F)cc1F. The van der Waals surface area contributed by atoms with Crippen LogP contribution in [0.25, 0.3) is 0 Å². The number of halogens is 2. The van der Waals surface area contributed by atoms with Crippen molar-refractivity contribution in [2.45, 2.75) is 12.8 Å². The number of hydrogen-bond acceptors (Lipinski definition) is 0. The lowest BCUT2D eigenvalue weighted by atomic mass is 10.1. The molecule has 0 saturated carbocycles. The third-order valence-corrected chi connectivity index (χ3v) is 1.55. The van der Waals surface area contributed by atoms with E-state index in [-0.39, 0.29) is 0 Å². The van der Waals surface area contributed by atoms with E-state index < -0.39 is 11.6 Å². The molecule has 62 valence electrons. The van der Waals surface area contributed by atoms with Crippen molar-refractivity contribution in [3.05, 3.63) is 35.4 Å². The largest absolute Gasteiger partial charge is 0.207 e. The summed E-state index contributed by atoms with van der Waals surface area (Å²) in [6.45, 7) is 0. The molecule has 0 aliphatic heterocycles. The van der Waals surface area contributed by atoms with E-state index in [0.717, 1.165) is 6.07 Å². The standard InChI is InChI=1S/C10H8F2/c1-2-3-4-8-5-6-9(11)7-10(8)12/h1,5-7H,3-4H2. The van der Waals surface area contributed by atoms with Gasteiger partial charge in [-0.15, -0.1) is 12.3 Å². The Hall–Kier alpha value is -1.36. The molecule has 0 aliphatic carbocycles. The Labute approximate surface area is 70.2 Å². The van der Waals surface area contributed by atoms with Gasteiger partial charge in [0.25, 0.3) is 0 Å². The van der Waals surface area contributed by atoms with Gasteiger partial charge in [-0.25, -0.2) is 8.78 Å². The highest BCUT2D eigenvalue weighted by Crippen LogP contribution is 2.10. The molecule has 0 saturated heterocycles. The van der Waals surface area contributed by atoms with Gasteiger partial charge in [-0.2, -0.15) is 0 Å². The van der Waals surface area contributed by atoms with Crippen LogP contribution in [0.1, 0.15) is 12.0 Å². The highest BCUT2D eigenvalue weighted by Gasteiger charge is 2.01. The molecule has 2 heteroatoms. The van der Waals surface area contributed by atoms with Crippen molar-refractivity contribution in [2.75, 3.05) is 0 Å². The van der Waals surface area contributed by atoms with E-state index in [1.807, 2.05) is 0 Å². The van der Waals surface area contributed by atoms with Crippen molar-refractivity contribution in [1.29, 1.82) is 0 Å². The molecular weight excluding hydrogens is 158 g/mol. The van der Waals surface area contributed by atoms with Crippen LogP contribution in [0.5, 0.6) is 0 Å². The maximum absolute atomic E-state index is 12.9. The van der Waals surface area contributed by atoms with E-state index >= 15 is 0 Å². The first-order chi connectivity index (χ1) is 5.74. The summed E-state index contributed by atoms with van der Waals surface area (Å²) in [4.78, 5) is 0. The highest BCUT2D eigenvalue weighted by molar-refractivity contribution is 5.19. The van der Waals surface area contributed by atoms with Crippen LogP contribution < -0.4 is 0 Å². The molecule has 0 unspecified atom stereocenters. The molecule has 0 spiro atoms. The summed E-state index contributed by atoms with van der Waals surface area (Å²) >= 11 is 0. The number of rotatable bonds is 2. The molecule has 0 heterocycles. The summed E-state index contributed by atoms with van der Waals surface area (Å²) in [6, 6.07) is 3.52. The number of aryl methyl sites for hydroxylation is 1. The minimum absolute atomic E-state index is 0.461. The Morgan fingerprint density at radius 1 is 1.33 bits per heavy atom. The minimum Gasteiger partial charge on any atom is -0.207 e. The average molecular weight is 166 g/mol. The second-order valence-corrected chi connectivity index (χ2v) is 2.44. The molecule has 0 aliphatic rings. The Balaban J connectivity index is 2.81. The van der Waals surface area contributed by atoms with Crippen molar-refractivity contribution < 1.29 is 8.78 Å². The van der Waals surface area contributed by atoms with Gasteiger partial charge in [0, 0.05) is 12.5 Å². The molecule has 1 rings (SSSR count). The monoisotopic (exact) mass is 166 g/mol. The van der Waals surface area contributed by atoms with E-state index in [1.165, 1.54) is 12.1 Å². The molecule has 1 aromatic carbocycles. The zero-order valence-corrected chi connectivity index (χ0v) is 6.48. The van der Waals surface area contributed by atoms with Crippen LogP contribution in [0, 0.1) is 24.0 Å². The minimum atomic E-state index is -0.558. The van der Waals surface area contributed by atoms with Gasteiger partial charge in [-0.05, 0) is 18.1 Å². The summed E-state index contributed by atoms with van der Waals surface area (Å²) in [5.41, 5.74) is 0.467. The first-order valence-electron chi connectivity index (χ1n) is 3.61. The highest BCUT2D eigenvalue weighted by atomic mass is 19.1. The molecule has 0 radical (unpaired) electrons. The molecule has 0 N–H and O–H groups in total. The quantitative estimate of drug-likeness (QED) is 0.592. The predicted octanol–water partition coefficient (Wildman–Crippen LogP) is 2.53. The van der Waals surface area contributed by atoms with Crippen LogP contribution in [0.2, 0.25) is 0 Å². The van der Waals surface area contributed by atoms with Crippen LogP contribution in [-0.4, -0.2) is 0 Å².